The quantitative estimate of drug-likeness (QED) is 0.618. The molecule has 0 aromatic heterocycles. The van der Waals surface area contributed by atoms with Crippen LogP contribution in [-0.2, 0) is 6.18 Å². The SMILES string of the molecule is CC(=O)c1[c]cccc1C(F)(F)F. The molecule has 0 N–H and O–H groups in total. The molecule has 1 nitrogen and oxygen atoms in total. The molecular weight excluding hydrogens is 181 g/mol. The van der Waals surface area contributed by atoms with Gasteiger partial charge in [0.15, 0.2) is 5.78 Å². The van der Waals surface area contributed by atoms with E-state index in [1.165, 1.54) is 12.1 Å². The average Bonchev–Trinajstić information content (AvgIpc) is 2.03. The van der Waals surface area contributed by atoms with Gasteiger partial charge in [-0.2, -0.15) is 13.2 Å². The lowest BCUT2D eigenvalue weighted by molar-refractivity contribution is -0.137. The molecule has 1 rings (SSSR count). The molecule has 1 radical (unpaired) electrons. The summed E-state index contributed by atoms with van der Waals surface area (Å²) < 4.78 is 36.7. The highest BCUT2D eigenvalue weighted by Gasteiger charge is 2.33. The highest BCUT2D eigenvalue weighted by Crippen LogP contribution is 2.31. The second-order valence-corrected chi connectivity index (χ2v) is 2.51. The zero-order valence-electron chi connectivity index (χ0n) is 6.77. The van der Waals surface area contributed by atoms with Crippen molar-refractivity contribution in [1.29, 1.82) is 0 Å². The molecule has 0 saturated heterocycles. The van der Waals surface area contributed by atoms with Crippen LogP contribution in [0, 0.1) is 6.07 Å². The van der Waals surface area contributed by atoms with Crippen LogP contribution in [-0.4, -0.2) is 5.78 Å². The van der Waals surface area contributed by atoms with E-state index in [2.05, 4.69) is 6.07 Å². The normalized spacial score (nSPS) is 11.4. The predicted molar refractivity (Wildman–Crippen MR) is 40.3 cm³/mol. The maximum absolute atomic E-state index is 12.2. The van der Waals surface area contributed by atoms with Crippen molar-refractivity contribution >= 4 is 5.78 Å². The molecule has 0 fully saturated rings. The van der Waals surface area contributed by atoms with Gasteiger partial charge in [-0.25, -0.2) is 0 Å². The Morgan fingerprint density at radius 1 is 1.46 bits per heavy atom. The molecule has 0 aliphatic rings. The lowest BCUT2D eigenvalue weighted by Crippen LogP contribution is -2.11. The number of hydrogen-bond donors (Lipinski definition) is 0. The van der Waals surface area contributed by atoms with Gasteiger partial charge in [0.05, 0.1) is 5.56 Å². The molecule has 0 amide bonds. The van der Waals surface area contributed by atoms with E-state index in [4.69, 9.17) is 0 Å². The second kappa shape index (κ2) is 3.20. The largest absolute Gasteiger partial charge is 0.417 e. The van der Waals surface area contributed by atoms with Crippen LogP contribution in [0.3, 0.4) is 0 Å². The Morgan fingerprint density at radius 3 is 2.46 bits per heavy atom. The molecule has 69 valence electrons. The summed E-state index contributed by atoms with van der Waals surface area (Å²) in [5, 5.41) is 0. The Morgan fingerprint density at radius 2 is 2.08 bits per heavy atom. The minimum absolute atomic E-state index is 0.407. The van der Waals surface area contributed by atoms with Gasteiger partial charge in [-0.3, -0.25) is 4.79 Å². The minimum Gasteiger partial charge on any atom is -0.294 e. The fourth-order valence-corrected chi connectivity index (χ4v) is 0.964. The van der Waals surface area contributed by atoms with E-state index in [1.807, 2.05) is 0 Å². The molecule has 0 spiro atoms. The first kappa shape index (κ1) is 9.77. The molecular formula is C9H6F3O. The topological polar surface area (TPSA) is 17.1 Å². The summed E-state index contributed by atoms with van der Waals surface area (Å²) in [7, 11) is 0. The third-order valence-corrected chi connectivity index (χ3v) is 1.51. The monoisotopic (exact) mass is 187 g/mol. The molecule has 0 aliphatic heterocycles. The van der Waals surface area contributed by atoms with Crippen molar-refractivity contribution in [1.82, 2.24) is 0 Å². The summed E-state index contributed by atoms with van der Waals surface area (Å²) >= 11 is 0. The first-order valence-corrected chi connectivity index (χ1v) is 3.52. The number of Topliss-reactive ketones (excluding diaryl/α,β-unsaturated/α-hetero) is 1. The zero-order valence-corrected chi connectivity index (χ0v) is 6.77. The van der Waals surface area contributed by atoms with Gasteiger partial charge in [0.1, 0.15) is 0 Å². The van der Waals surface area contributed by atoms with Crippen LogP contribution in [0.15, 0.2) is 18.2 Å². The van der Waals surface area contributed by atoms with Crippen LogP contribution in [0.2, 0.25) is 0 Å². The number of carbonyl (C=O) groups excluding carboxylic acids is 1. The average molecular weight is 187 g/mol. The van der Waals surface area contributed by atoms with Gasteiger partial charge in [-0.05, 0) is 19.1 Å². The van der Waals surface area contributed by atoms with Crippen LogP contribution in [0.5, 0.6) is 0 Å². The highest BCUT2D eigenvalue weighted by atomic mass is 19.4. The fourth-order valence-electron chi connectivity index (χ4n) is 0.964. The molecule has 1 aromatic rings. The number of hydrogen-bond acceptors (Lipinski definition) is 1. The number of ketones is 1. The summed E-state index contributed by atoms with van der Waals surface area (Å²) in [5.74, 6) is -0.632. The standard InChI is InChI=1S/C9H6F3O/c1-6(13)7-4-2-3-5-8(7)9(10,11)12/h2-3,5H,1H3. The van der Waals surface area contributed by atoms with Crippen LogP contribution in [0.1, 0.15) is 22.8 Å². The van der Waals surface area contributed by atoms with E-state index < -0.39 is 23.1 Å². The van der Waals surface area contributed by atoms with E-state index in [9.17, 15) is 18.0 Å². The first-order valence-electron chi connectivity index (χ1n) is 3.52. The van der Waals surface area contributed by atoms with Crippen molar-refractivity contribution in [2.24, 2.45) is 0 Å². The molecule has 0 heterocycles. The Labute approximate surface area is 73.2 Å². The Hall–Kier alpha value is -1.32. The van der Waals surface area contributed by atoms with Crippen molar-refractivity contribution in [2.75, 3.05) is 0 Å². The molecule has 13 heavy (non-hydrogen) atoms. The third kappa shape index (κ3) is 2.08. The molecule has 0 unspecified atom stereocenters. The van der Waals surface area contributed by atoms with Crippen LogP contribution < -0.4 is 0 Å². The molecule has 1 aromatic carbocycles. The van der Waals surface area contributed by atoms with Gasteiger partial charge in [-0.1, -0.05) is 12.1 Å². The Bertz CT molecular complexity index is 328. The molecule has 0 atom stereocenters. The molecule has 4 heteroatoms. The van der Waals surface area contributed by atoms with E-state index in [1.54, 1.807) is 0 Å². The summed E-state index contributed by atoms with van der Waals surface area (Å²) in [6, 6.07) is 5.63. The fraction of sp³-hybridized carbons (Fsp3) is 0.222. The number of benzene rings is 1. The highest BCUT2D eigenvalue weighted by molar-refractivity contribution is 5.95. The van der Waals surface area contributed by atoms with Crippen LogP contribution in [0.25, 0.3) is 0 Å². The number of carbonyl (C=O) groups is 1. The van der Waals surface area contributed by atoms with Gasteiger partial charge in [0.25, 0.3) is 0 Å². The van der Waals surface area contributed by atoms with E-state index in [0.29, 0.717) is 0 Å². The number of alkyl halides is 3. The summed E-state index contributed by atoms with van der Waals surface area (Å²) in [4.78, 5) is 10.8. The van der Waals surface area contributed by atoms with Crippen molar-refractivity contribution in [3.63, 3.8) is 0 Å². The van der Waals surface area contributed by atoms with Crippen LogP contribution in [0.4, 0.5) is 13.2 Å². The van der Waals surface area contributed by atoms with Crippen molar-refractivity contribution in [2.45, 2.75) is 13.1 Å². The predicted octanol–water partition coefficient (Wildman–Crippen LogP) is 2.71. The Balaban J connectivity index is 3.28. The third-order valence-electron chi connectivity index (χ3n) is 1.51. The van der Waals surface area contributed by atoms with Gasteiger partial charge >= 0.3 is 6.18 Å². The van der Waals surface area contributed by atoms with Gasteiger partial charge in [0.2, 0.25) is 0 Å². The first-order chi connectivity index (χ1) is 5.93. The van der Waals surface area contributed by atoms with Gasteiger partial charge < -0.3 is 0 Å². The zero-order chi connectivity index (χ0) is 10.1. The maximum Gasteiger partial charge on any atom is 0.417 e. The smallest absolute Gasteiger partial charge is 0.294 e. The minimum atomic E-state index is -4.49. The van der Waals surface area contributed by atoms with E-state index >= 15 is 0 Å². The molecule has 0 bridgehead atoms. The summed E-state index contributed by atoms with van der Waals surface area (Å²) in [6.45, 7) is 1.08. The van der Waals surface area contributed by atoms with Gasteiger partial charge in [-0.15, -0.1) is 0 Å². The molecule has 0 aliphatic carbocycles. The second-order valence-electron chi connectivity index (χ2n) is 2.51. The lowest BCUT2D eigenvalue weighted by atomic mass is 10.0. The maximum atomic E-state index is 12.2. The van der Waals surface area contributed by atoms with Crippen molar-refractivity contribution in [3.05, 3.63) is 35.4 Å². The summed E-state index contributed by atoms with van der Waals surface area (Å²) in [5.41, 5.74) is -1.34. The summed E-state index contributed by atoms with van der Waals surface area (Å²) in [6.07, 6.45) is -4.49. The van der Waals surface area contributed by atoms with Crippen molar-refractivity contribution in [3.8, 4) is 0 Å². The van der Waals surface area contributed by atoms with Crippen molar-refractivity contribution < 1.29 is 18.0 Å². The van der Waals surface area contributed by atoms with E-state index in [0.717, 1.165) is 13.0 Å². The van der Waals surface area contributed by atoms with E-state index in [-0.39, 0.29) is 0 Å². The number of halogens is 3. The van der Waals surface area contributed by atoms with Gasteiger partial charge in [0, 0.05) is 5.56 Å². The van der Waals surface area contributed by atoms with Crippen LogP contribution >= 0.6 is 0 Å². The Kier molecular flexibility index (Phi) is 2.40. The molecule has 0 saturated carbocycles. The lowest BCUT2D eigenvalue weighted by Gasteiger charge is -2.09. The number of rotatable bonds is 1.